The van der Waals surface area contributed by atoms with E-state index in [-0.39, 0.29) is 24.3 Å². The van der Waals surface area contributed by atoms with E-state index in [9.17, 15) is 14.4 Å². The number of halogens is 2. The highest BCUT2D eigenvalue weighted by Crippen LogP contribution is 2.22. The highest BCUT2D eigenvalue weighted by atomic mass is 35.5. The number of ether oxygens (including phenoxy) is 2. The monoisotopic (exact) mass is 478 g/mol. The maximum atomic E-state index is 12.8. The Balaban J connectivity index is 1.46. The van der Waals surface area contributed by atoms with Gasteiger partial charge < -0.3 is 19.7 Å². The molecule has 1 N–H and O–H groups in total. The Hall–Kier alpha value is -2.77. The van der Waals surface area contributed by atoms with Gasteiger partial charge in [0.15, 0.2) is 0 Å². The van der Waals surface area contributed by atoms with Crippen molar-refractivity contribution < 1.29 is 23.9 Å². The average molecular weight is 479 g/mol. The second-order valence-electron chi connectivity index (χ2n) is 7.38. The quantitative estimate of drug-likeness (QED) is 0.475. The Morgan fingerprint density at radius 3 is 2.41 bits per heavy atom. The zero-order valence-electron chi connectivity index (χ0n) is 17.6. The Morgan fingerprint density at radius 1 is 1.06 bits per heavy atom. The fraction of sp³-hybridized carbons (Fsp3) is 0.348. The Morgan fingerprint density at radius 2 is 1.75 bits per heavy atom. The molecule has 0 aliphatic carbocycles. The fourth-order valence-corrected chi connectivity index (χ4v) is 3.81. The summed E-state index contributed by atoms with van der Waals surface area (Å²) in [4.78, 5) is 38.3. The maximum absolute atomic E-state index is 12.8. The van der Waals surface area contributed by atoms with Crippen molar-refractivity contribution in [2.45, 2.75) is 19.8 Å². The van der Waals surface area contributed by atoms with Gasteiger partial charge in [0.1, 0.15) is 5.75 Å². The molecule has 0 spiro atoms. The van der Waals surface area contributed by atoms with Crippen LogP contribution < -0.4 is 10.1 Å². The molecule has 1 heterocycles. The number of piperidine rings is 1. The highest BCUT2D eigenvalue weighted by Gasteiger charge is 2.24. The molecule has 7 nitrogen and oxygen atoms in total. The standard InChI is InChI=1S/C23H24Cl2N2O5/c1-2-31-23(30)32-18-6-3-16(4-7-18)22(29)27-11-9-15(10-12-27)14-26-21(28)19-13-17(24)5-8-20(19)25/h3-8,13,15H,2,9-12,14H2,1H3,(H,26,28). The van der Waals surface area contributed by atoms with Crippen molar-refractivity contribution in [3.8, 4) is 5.75 Å². The van der Waals surface area contributed by atoms with Gasteiger partial charge in [-0.25, -0.2) is 4.79 Å². The van der Waals surface area contributed by atoms with Gasteiger partial charge in [-0.1, -0.05) is 23.2 Å². The van der Waals surface area contributed by atoms with E-state index in [1.807, 2.05) is 0 Å². The molecule has 0 saturated carbocycles. The number of carbonyl (C=O) groups excluding carboxylic acids is 3. The minimum absolute atomic E-state index is 0.0825. The van der Waals surface area contributed by atoms with Crippen LogP contribution in [0.3, 0.4) is 0 Å². The second kappa shape index (κ2) is 11.2. The van der Waals surface area contributed by atoms with Gasteiger partial charge in [-0.3, -0.25) is 9.59 Å². The van der Waals surface area contributed by atoms with Gasteiger partial charge in [-0.05, 0) is 68.1 Å². The number of rotatable bonds is 6. The van der Waals surface area contributed by atoms with Crippen molar-refractivity contribution in [3.05, 3.63) is 63.6 Å². The number of amides is 2. The number of carbonyl (C=O) groups is 3. The molecule has 2 aromatic rings. The summed E-state index contributed by atoms with van der Waals surface area (Å²) in [5.74, 6) is 0.234. The van der Waals surface area contributed by atoms with E-state index in [1.54, 1.807) is 54.3 Å². The van der Waals surface area contributed by atoms with Crippen molar-refractivity contribution in [2.24, 2.45) is 5.92 Å². The smallest absolute Gasteiger partial charge is 0.434 e. The third kappa shape index (κ3) is 6.37. The van der Waals surface area contributed by atoms with Crippen LogP contribution in [-0.2, 0) is 4.74 Å². The van der Waals surface area contributed by atoms with Crippen LogP contribution in [0, 0.1) is 5.92 Å². The van der Waals surface area contributed by atoms with Crippen LogP contribution in [0.1, 0.15) is 40.5 Å². The molecular formula is C23H24Cl2N2O5. The third-order valence-corrected chi connectivity index (χ3v) is 5.76. The lowest BCUT2D eigenvalue weighted by Crippen LogP contribution is -2.41. The van der Waals surface area contributed by atoms with Crippen LogP contribution in [0.2, 0.25) is 10.0 Å². The summed E-state index contributed by atoms with van der Waals surface area (Å²) >= 11 is 12.0. The lowest BCUT2D eigenvalue weighted by atomic mass is 9.96. The lowest BCUT2D eigenvalue weighted by Gasteiger charge is -2.32. The lowest BCUT2D eigenvalue weighted by molar-refractivity contribution is 0.0684. The summed E-state index contributed by atoms with van der Waals surface area (Å²) in [5.41, 5.74) is 0.866. The predicted octanol–water partition coefficient (Wildman–Crippen LogP) is 4.81. The van der Waals surface area contributed by atoms with Crippen molar-refractivity contribution in [2.75, 3.05) is 26.2 Å². The molecule has 1 aliphatic rings. The molecule has 9 heteroatoms. The van der Waals surface area contributed by atoms with Gasteiger partial charge in [-0.2, -0.15) is 0 Å². The Labute approximate surface area is 196 Å². The molecule has 170 valence electrons. The predicted molar refractivity (Wildman–Crippen MR) is 122 cm³/mol. The van der Waals surface area contributed by atoms with E-state index in [2.05, 4.69) is 5.32 Å². The van der Waals surface area contributed by atoms with Crippen LogP contribution in [0.25, 0.3) is 0 Å². The molecule has 0 unspecified atom stereocenters. The number of benzene rings is 2. The molecule has 0 aromatic heterocycles. The molecular weight excluding hydrogens is 455 g/mol. The Bertz CT molecular complexity index is 973. The second-order valence-corrected chi connectivity index (χ2v) is 8.22. The number of nitrogens with one attached hydrogen (secondary N) is 1. The first-order chi connectivity index (χ1) is 15.4. The third-order valence-electron chi connectivity index (χ3n) is 5.19. The van der Waals surface area contributed by atoms with E-state index in [0.29, 0.717) is 46.6 Å². The minimum atomic E-state index is -0.779. The van der Waals surface area contributed by atoms with Crippen molar-refractivity contribution in [1.29, 1.82) is 0 Å². The van der Waals surface area contributed by atoms with E-state index in [1.165, 1.54) is 0 Å². The van der Waals surface area contributed by atoms with Gasteiger partial charge >= 0.3 is 6.16 Å². The van der Waals surface area contributed by atoms with Gasteiger partial charge in [0.05, 0.1) is 17.2 Å². The van der Waals surface area contributed by atoms with E-state index >= 15 is 0 Å². The van der Waals surface area contributed by atoms with Crippen molar-refractivity contribution in [1.82, 2.24) is 10.2 Å². The first-order valence-electron chi connectivity index (χ1n) is 10.3. The normalized spacial score (nSPS) is 14.0. The summed E-state index contributed by atoms with van der Waals surface area (Å²) in [6, 6.07) is 11.1. The highest BCUT2D eigenvalue weighted by molar-refractivity contribution is 6.35. The molecule has 0 bridgehead atoms. The summed E-state index contributed by atoms with van der Waals surface area (Å²) in [7, 11) is 0. The zero-order valence-corrected chi connectivity index (χ0v) is 19.1. The van der Waals surface area contributed by atoms with Crippen LogP contribution in [0.15, 0.2) is 42.5 Å². The van der Waals surface area contributed by atoms with Crippen LogP contribution in [-0.4, -0.2) is 49.1 Å². The topological polar surface area (TPSA) is 84.9 Å². The van der Waals surface area contributed by atoms with Gasteiger partial charge in [0.25, 0.3) is 11.8 Å². The molecule has 1 fully saturated rings. The summed E-state index contributed by atoms with van der Waals surface area (Å²) in [6.07, 6.45) is 0.775. The van der Waals surface area contributed by atoms with Gasteiger partial charge in [0, 0.05) is 30.2 Å². The van der Waals surface area contributed by atoms with Gasteiger partial charge in [-0.15, -0.1) is 0 Å². The van der Waals surface area contributed by atoms with Crippen molar-refractivity contribution >= 4 is 41.2 Å². The van der Waals surface area contributed by atoms with E-state index in [0.717, 1.165) is 12.8 Å². The molecule has 1 aliphatic heterocycles. The minimum Gasteiger partial charge on any atom is -0.434 e. The maximum Gasteiger partial charge on any atom is 0.513 e. The number of likely N-dealkylation sites (tertiary alicyclic amines) is 1. The van der Waals surface area contributed by atoms with Crippen LogP contribution in [0.5, 0.6) is 5.75 Å². The van der Waals surface area contributed by atoms with Crippen molar-refractivity contribution in [3.63, 3.8) is 0 Å². The molecule has 0 atom stereocenters. The van der Waals surface area contributed by atoms with Crippen LogP contribution >= 0.6 is 23.2 Å². The molecule has 2 aromatic carbocycles. The van der Waals surface area contributed by atoms with Gasteiger partial charge in [0.2, 0.25) is 0 Å². The first-order valence-corrected chi connectivity index (χ1v) is 11.1. The largest absolute Gasteiger partial charge is 0.513 e. The number of hydrogen-bond donors (Lipinski definition) is 1. The van der Waals surface area contributed by atoms with Crippen LogP contribution in [0.4, 0.5) is 4.79 Å². The first kappa shape index (κ1) is 23.9. The molecule has 32 heavy (non-hydrogen) atoms. The van der Waals surface area contributed by atoms with E-state index < -0.39 is 6.16 Å². The number of hydrogen-bond acceptors (Lipinski definition) is 5. The zero-order chi connectivity index (χ0) is 23.1. The van der Waals surface area contributed by atoms with E-state index in [4.69, 9.17) is 32.7 Å². The average Bonchev–Trinajstić information content (AvgIpc) is 2.79. The summed E-state index contributed by atoms with van der Waals surface area (Å²) in [5, 5.41) is 3.71. The molecule has 3 rings (SSSR count). The molecule has 0 radical (unpaired) electrons. The summed E-state index contributed by atoms with van der Waals surface area (Å²) in [6.45, 7) is 3.61. The fourth-order valence-electron chi connectivity index (χ4n) is 3.44. The SMILES string of the molecule is CCOC(=O)Oc1ccc(C(=O)N2CCC(CNC(=O)c3cc(Cl)ccc3Cl)CC2)cc1. The number of nitrogens with zero attached hydrogens (tertiary/aromatic N) is 1. The molecule has 1 saturated heterocycles. The Kier molecular flexibility index (Phi) is 8.36. The summed E-state index contributed by atoms with van der Waals surface area (Å²) < 4.78 is 9.73. The molecule has 2 amide bonds.